The monoisotopic (exact) mass is 491 g/mol. The minimum Gasteiger partial charge on any atom is -0.453 e. The molecule has 1 amide bonds. The highest BCUT2D eigenvalue weighted by atomic mass is 19.2. The Hall–Kier alpha value is -4.71. The number of carbonyl (C=O) groups is 1. The highest BCUT2D eigenvalue weighted by Gasteiger charge is 2.18. The number of benzene rings is 1. The van der Waals surface area contributed by atoms with Crippen molar-refractivity contribution < 1.29 is 23.0 Å². The molecular formula is C24H19F2N7O3. The molecule has 182 valence electrons. The van der Waals surface area contributed by atoms with E-state index in [1.54, 1.807) is 35.2 Å². The molecule has 1 aromatic carbocycles. The van der Waals surface area contributed by atoms with Gasteiger partial charge in [-0.3, -0.25) is 14.3 Å². The van der Waals surface area contributed by atoms with Crippen molar-refractivity contribution in [1.29, 1.82) is 0 Å². The first-order valence-corrected chi connectivity index (χ1v) is 10.7. The number of hydrogen-bond donors (Lipinski definition) is 1. The fourth-order valence-electron chi connectivity index (χ4n) is 3.72. The third-order valence-electron chi connectivity index (χ3n) is 5.40. The maximum atomic E-state index is 14.0. The summed E-state index contributed by atoms with van der Waals surface area (Å²) in [5.41, 5.74) is 3.15. The average Bonchev–Trinajstić information content (AvgIpc) is 3.50. The van der Waals surface area contributed by atoms with Crippen LogP contribution in [-0.4, -0.2) is 49.4 Å². The van der Waals surface area contributed by atoms with Crippen LogP contribution in [0.15, 0.2) is 61.1 Å². The summed E-state index contributed by atoms with van der Waals surface area (Å²) in [4.78, 5) is 20.1. The van der Waals surface area contributed by atoms with Gasteiger partial charge in [0.05, 0.1) is 24.7 Å². The van der Waals surface area contributed by atoms with Crippen LogP contribution in [0.5, 0.6) is 0 Å². The van der Waals surface area contributed by atoms with E-state index in [1.165, 1.54) is 20.3 Å². The highest BCUT2D eigenvalue weighted by molar-refractivity contribution is 5.83. The lowest BCUT2D eigenvalue weighted by Gasteiger charge is -2.11. The number of hydrogen-bond acceptors (Lipinski definition) is 7. The molecule has 0 aliphatic rings. The number of nitrogens with zero attached hydrogens (tertiary/aromatic N) is 6. The quantitative estimate of drug-likeness (QED) is 0.378. The maximum Gasteiger partial charge on any atom is 0.412 e. The molecule has 36 heavy (non-hydrogen) atoms. The van der Waals surface area contributed by atoms with E-state index >= 15 is 0 Å². The first-order valence-electron chi connectivity index (χ1n) is 10.7. The first-order chi connectivity index (χ1) is 17.5. The molecule has 4 aromatic heterocycles. The normalized spacial score (nSPS) is 11.1. The van der Waals surface area contributed by atoms with Crippen molar-refractivity contribution in [3.63, 3.8) is 0 Å². The number of methoxy groups -OCH3 is 2. The summed E-state index contributed by atoms with van der Waals surface area (Å²) in [5.74, 6) is -0.772. The lowest BCUT2D eigenvalue weighted by Crippen LogP contribution is -2.11. The van der Waals surface area contributed by atoms with Gasteiger partial charge in [-0.05, 0) is 36.4 Å². The van der Waals surface area contributed by atoms with Crippen LogP contribution in [-0.2, 0) is 16.1 Å². The molecule has 0 fully saturated rings. The molecule has 12 heteroatoms. The number of nitrogens with one attached hydrogen (secondary N) is 1. The summed E-state index contributed by atoms with van der Waals surface area (Å²) in [7, 11) is 2.78. The van der Waals surface area contributed by atoms with Gasteiger partial charge in [-0.25, -0.2) is 23.5 Å². The fraction of sp³-hybridized carbons (Fsp3) is 0.125. The van der Waals surface area contributed by atoms with Gasteiger partial charge in [0.15, 0.2) is 23.3 Å². The molecule has 0 aliphatic carbocycles. The number of aromatic nitrogens is 6. The van der Waals surface area contributed by atoms with Gasteiger partial charge < -0.3 is 9.47 Å². The third kappa shape index (κ3) is 4.25. The zero-order valence-corrected chi connectivity index (χ0v) is 19.1. The van der Waals surface area contributed by atoms with Crippen LogP contribution < -0.4 is 5.32 Å². The average molecular weight is 491 g/mol. The topological polar surface area (TPSA) is 108 Å². The van der Waals surface area contributed by atoms with Gasteiger partial charge in [-0.1, -0.05) is 0 Å². The van der Waals surface area contributed by atoms with Crippen LogP contribution in [0.4, 0.5) is 19.4 Å². The largest absolute Gasteiger partial charge is 0.453 e. The summed E-state index contributed by atoms with van der Waals surface area (Å²) in [6.07, 6.45) is 4.49. The Labute approximate surface area is 203 Å². The molecule has 1 N–H and O–H groups in total. The molecular weight excluding hydrogens is 472 g/mol. The number of ether oxygens (including phenoxy) is 2. The molecule has 0 bridgehead atoms. The second-order valence-corrected chi connectivity index (χ2v) is 7.64. The van der Waals surface area contributed by atoms with Gasteiger partial charge in [-0.2, -0.15) is 0 Å². The number of fused-ring (bicyclic) bond motifs is 1. The van der Waals surface area contributed by atoms with Crippen molar-refractivity contribution in [2.75, 3.05) is 19.5 Å². The number of imidazole rings is 1. The van der Waals surface area contributed by atoms with Gasteiger partial charge in [0, 0.05) is 36.7 Å². The summed E-state index contributed by atoms with van der Waals surface area (Å²) in [5, 5.41) is 11.0. The number of amides is 1. The summed E-state index contributed by atoms with van der Waals surface area (Å²) < 4.78 is 40.9. The van der Waals surface area contributed by atoms with Crippen LogP contribution in [0.1, 0.15) is 5.82 Å². The SMILES string of the molecule is COCc1nnc(-c2ccc3ncc(-c4ccc(NC(=O)OC)nc4)n3c2)n1-c1ccc(F)c(F)c1. The molecule has 0 aliphatic heterocycles. The summed E-state index contributed by atoms with van der Waals surface area (Å²) in [6, 6.07) is 10.6. The fourth-order valence-corrected chi connectivity index (χ4v) is 3.72. The Kier molecular flexibility index (Phi) is 6.09. The van der Waals surface area contributed by atoms with Crippen LogP contribution in [0, 0.1) is 11.6 Å². The van der Waals surface area contributed by atoms with Gasteiger partial charge >= 0.3 is 6.09 Å². The predicted molar refractivity (Wildman–Crippen MR) is 125 cm³/mol. The van der Waals surface area contributed by atoms with E-state index in [-0.39, 0.29) is 6.61 Å². The Morgan fingerprint density at radius 3 is 2.53 bits per heavy atom. The molecule has 0 radical (unpaired) electrons. The summed E-state index contributed by atoms with van der Waals surface area (Å²) >= 11 is 0. The lowest BCUT2D eigenvalue weighted by molar-refractivity contribution is 0.176. The molecule has 0 saturated carbocycles. The molecule has 0 spiro atoms. The van der Waals surface area contributed by atoms with Crippen molar-refractivity contribution >= 4 is 17.6 Å². The minimum atomic E-state index is -0.986. The van der Waals surface area contributed by atoms with E-state index in [9.17, 15) is 13.6 Å². The Balaban J connectivity index is 1.58. The predicted octanol–water partition coefficient (Wildman–Crippen LogP) is 4.25. The van der Waals surface area contributed by atoms with Crippen LogP contribution in [0.25, 0.3) is 34.0 Å². The minimum absolute atomic E-state index is 0.113. The van der Waals surface area contributed by atoms with E-state index in [1.807, 2.05) is 16.7 Å². The highest BCUT2D eigenvalue weighted by Crippen LogP contribution is 2.27. The first kappa shape index (κ1) is 23.1. The van der Waals surface area contributed by atoms with E-state index in [0.717, 1.165) is 23.4 Å². The number of carbonyl (C=O) groups excluding carboxylic acids is 1. The standard InChI is InChI=1S/C24H19F2N7O3/c1-35-13-22-30-31-23(33(22)16-5-6-17(25)18(26)9-16)15-4-8-21-28-11-19(32(21)12-15)14-3-7-20(27-10-14)29-24(34)36-2/h3-12H,13H2,1-2H3,(H,27,29,34). The molecule has 0 unspecified atom stereocenters. The van der Waals surface area contributed by atoms with Crippen molar-refractivity contribution in [2.24, 2.45) is 0 Å². The Morgan fingerprint density at radius 1 is 0.972 bits per heavy atom. The molecule has 10 nitrogen and oxygen atoms in total. The van der Waals surface area contributed by atoms with Crippen molar-refractivity contribution in [3.8, 4) is 28.3 Å². The van der Waals surface area contributed by atoms with E-state index in [2.05, 4.69) is 30.2 Å². The number of halogens is 2. The smallest absolute Gasteiger partial charge is 0.412 e. The molecule has 0 atom stereocenters. The Bertz CT molecular complexity index is 1560. The second kappa shape index (κ2) is 9.50. The third-order valence-corrected chi connectivity index (χ3v) is 5.40. The van der Waals surface area contributed by atoms with E-state index in [4.69, 9.17) is 4.74 Å². The van der Waals surface area contributed by atoms with Gasteiger partial charge in [0.1, 0.15) is 18.1 Å². The van der Waals surface area contributed by atoms with Gasteiger partial charge in [0.2, 0.25) is 0 Å². The van der Waals surface area contributed by atoms with Crippen molar-refractivity contribution in [1.82, 2.24) is 29.1 Å². The van der Waals surface area contributed by atoms with Crippen molar-refractivity contribution in [2.45, 2.75) is 6.61 Å². The molecule has 5 rings (SSSR count). The van der Waals surface area contributed by atoms with Gasteiger partial charge in [-0.15, -0.1) is 10.2 Å². The molecule has 5 aromatic rings. The number of rotatable bonds is 6. The van der Waals surface area contributed by atoms with Crippen LogP contribution >= 0.6 is 0 Å². The Morgan fingerprint density at radius 2 is 1.81 bits per heavy atom. The van der Waals surface area contributed by atoms with E-state index < -0.39 is 17.7 Å². The summed E-state index contributed by atoms with van der Waals surface area (Å²) in [6.45, 7) is 0.113. The molecule has 0 saturated heterocycles. The number of pyridine rings is 2. The van der Waals surface area contributed by atoms with Gasteiger partial charge in [0.25, 0.3) is 0 Å². The number of anilines is 1. The van der Waals surface area contributed by atoms with Crippen LogP contribution in [0.3, 0.4) is 0 Å². The zero-order valence-electron chi connectivity index (χ0n) is 19.1. The maximum absolute atomic E-state index is 14.0. The van der Waals surface area contributed by atoms with Crippen LogP contribution in [0.2, 0.25) is 0 Å². The van der Waals surface area contributed by atoms with E-state index in [0.29, 0.717) is 34.4 Å². The lowest BCUT2D eigenvalue weighted by atomic mass is 10.2. The zero-order chi connectivity index (χ0) is 25.2. The second-order valence-electron chi connectivity index (χ2n) is 7.64. The van der Waals surface area contributed by atoms with Crippen molar-refractivity contribution in [3.05, 3.63) is 78.5 Å². The molecule has 4 heterocycles.